The lowest BCUT2D eigenvalue weighted by molar-refractivity contribution is -0.0289. The average Bonchev–Trinajstić information content (AvgIpc) is 3.10. The highest BCUT2D eigenvalue weighted by atomic mass is 32.1. The van der Waals surface area contributed by atoms with Gasteiger partial charge in [0.1, 0.15) is 11.2 Å². The molecule has 0 unspecified atom stereocenters. The summed E-state index contributed by atoms with van der Waals surface area (Å²) in [6.45, 7) is 6.66. The van der Waals surface area contributed by atoms with Gasteiger partial charge in [-0.2, -0.15) is 0 Å². The zero-order valence-corrected chi connectivity index (χ0v) is 15.8. The van der Waals surface area contributed by atoms with Crippen LogP contribution in [-0.2, 0) is 9.47 Å². The van der Waals surface area contributed by atoms with E-state index >= 15 is 0 Å². The van der Waals surface area contributed by atoms with E-state index in [4.69, 9.17) is 21.7 Å². The molecule has 3 aliphatic rings. The Balaban J connectivity index is 1.72. The first-order valence-electron chi connectivity index (χ1n) is 9.13. The van der Waals surface area contributed by atoms with Gasteiger partial charge in [0.05, 0.1) is 18.3 Å². The molecule has 4 rings (SSSR count). The van der Waals surface area contributed by atoms with E-state index in [1.54, 1.807) is 0 Å². The van der Waals surface area contributed by atoms with E-state index in [1.165, 1.54) is 11.3 Å². The summed E-state index contributed by atoms with van der Waals surface area (Å²) in [7, 11) is 0. The lowest BCUT2D eigenvalue weighted by Crippen LogP contribution is -2.52. The van der Waals surface area contributed by atoms with E-state index in [0.29, 0.717) is 12.7 Å². The molecule has 1 fully saturated rings. The first-order valence-corrected chi connectivity index (χ1v) is 9.54. The maximum absolute atomic E-state index is 6.02. The molecule has 4 nitrogen and oxygen atoms in total. The Morgan fingerprint density at radius 3 is 2.80 bits per heavy atom. The van der Waals surface area contributed by atoms with Gasteiger partial charge < -0.3 is 19.7 Å². The lowest BCUT2D eigenvalue weighted by atomic mass is 9.92. The van der Waals surface area contributed by atoms with Crippen LogP contribution in [0.1, 0.15) is 44.8 Å². The number of hydrogen-bond acceptors (Lipinski definition) is 4. The Kier molecular flexibility index (Phi) is 4.56. The molecular formula is C20H26N2O2S. The van der Waals surface area contributed by atoms with Gasteiger partial charge in [0, 0.05) is 30.8 Å². The van der Waals surface area contributed by atoms with Crippen molar-refractivity contribution in [2.75, 3.05) is 19.8 Å². The van der Waals surface area contributed by atoms with Crippen LogP contribution in [0.4, 0.5) is 0 Å². The summed E-state index contributed by atoms with van der Waals surface area (Å²) in [6, 6.07) is 10.6. The van der Waals surface area contributed by atoms with E-state index < -0.39 is 0 Å². The second-order valence-corrected chi connectivity index (χ2v) is 8.13. The highest BCUT2D eigenvalue weighted by molar-refractivity contribution is 7.80. The van der Waals surface area contributed by atoms with Crippen LogP contribution in [0.15, 0.2) is 41.6 Å². The Labute approximate surface area is 155 Å². The standard InChI is InChI=1S/C20H26N2O2S/c1-20(2)11-17-16(13-24-20)19(25)21-18(14-7-4-3-5-8-14)22(17)12-15-9-6-10-23-15/h3-5,7-8,15,18H,6,9-13H2,1-2H3,(H,21,25)/t15-,18+/m1/s1. The number of nitrogens with one attached hydrogen (secondary N) is 1. The van der Waals surface area contributed by atoms with Gasteiger partial charge in [0.2, 0.25) is 0 Å². The first-order chi connectivity index (χ1) is 12.0. The summed E-state index contributed by atoms with van der Waals surface area (Å²) in [5.74, 6) is 0. The van der Waals surface area contributed by atoms with Gasteiger partial charge in [-0.3, -0.25) is 0 Å². The van der Waals surface area contributed by atoms with Crippen molar-refractivity contribution >= 4 is 17.2 Å². The molecule has 0 saturated carbocycles. The van der Waals surface area contributed by atoms with Crippen molar-refractivity contribution in [2.45, 2.75) is 51.0 Å². The van der Waals surface area contributed by atoms with Crippen molar-refractivity contribution in [3.8, 4) is 0 Å². The number of hydrogen-bond donors (Lipinski definition) is 1. The predicted octanol–water partition coefficient (Wildman–Crippen LogP) is 3.55. The molecule has 0 aliphatic carbocycles. The second-order valence-electron chi connectivity index (χ2n) is 7.72. The van der Waals surface area contributed by atoms with E-state index in [1.807, 2.05) is 0 Å². The van der Waals surface area contributed by atoms with Crippen molar-refractivity contribution in [2.24, 2.45) is 0 Å². The Hall–Kier alpha value is -1.43. The predicted molar refractivity (Wildman–Crippen MR) is 102 cm³/mol. The molecule has 0 radical (unpaired) electrons. The summed E-state index contributed by atoms with van der Waals surface area (Å²) in [6.07, 6.45) is 3.51. The fraction of sp³-hybridized carbons (Fsp3) is 0.550. The molecule has 5 heteroatoms. The summed E-state index contributed by atoms with van der Waals surface area (Å²) >= 11 is 5.68. The van der Waals surface area contributed by atoms with Crippen LogP contribution < -0.4 is 5.32 Å². The zero-order valence-electron chi connectivity index (χ0n) is 15.0. The van der Waals surface area contributed by atoms with Crippen LogP contribution in [0.5, 0.6) is 0 Å². The molecular weight excluding hydrogens is 332 g/mol. The summed E-state index contributed by atoms with van der Waals surface area (Å²) < 4.78 is 12.0. The van der Waals surface area contributed by atoms with Crippen molar-refractivity contribution in [1.29, 1.82) is 0 Å². The molecule has 2 atom stereocenters. The van der Waals surface area contributed by atoms with Gasteiger partial charge in [-0.15, -0.1) is 0 Å². The number of nitrogens with zero attached hydrogens (tertiary/aromatic N) is 1. The Morgan fingerprint density at radius 2 is 2.08 bits per heavy atom. The van der Waals surface area contributed by atoms with Crippen molar-refractivity contribution in [1.82, 2.24) is 10.2 Å². The minimum atomic E-state index is -0.165. The summed E-state index contributed by atoms with van der Waals surface area (Å²) in [5, 5.41) is 3.55. The highest BCUT2D eigenvalue weighted by Crippen LogP contribution is 2.38. The highest BCUT2D eigenvalue weighted by Gasteiger charge is 2.39. The van der Waals surface area contributed by atoms with Crippen LogP contribution in [0.25, 0.3) is 0 Å². The first kappa shape index (κ1) is 17.0. The smallest absolute Gasteiger partial charge is 0.126 e. The molecule has 1 saturated heterocycles. The van der Waals surface area contributed by atoms with Gasteiger partial charge in [0.15, 0.2) is 0 Å². The van der Waals surface area contributed by atoms with Gasteiger partial charge in [-0.1, -0.05) is 42.5 Å². The van der Waals surface area contributed by atoms with E-state index in [0.717, 1.165) is 43.0 Å². The number of rotatable bonds is 3. The van der Waals surface area contributed by atoms with E-state index in [2.05, 4.69) is 54.4 Å². The summed E-state index contributed by atoms with van der Waals surface area (Å²) in [4.78, 5) is 3.30. The monoisotopic (exact) mass is 358 g/mol. The fourth-order valence-corrected chi connectivity index (χ4v) is 4.24. The SMILES string of the molecule is CC1(C)CC2=C(CO1)C(=S)N[C@H](c1ccccc1)N2C[C@H]1CCCO1. The lowest BCUT2D eigenvalue weighted by Gasteiger charge is -2.47. The van der Waals surface area contributed by atoms with E-state index in [-0.39, 0.29) is 11.8 Å². The van der Waals surface area contributed by atoms with Gasteiger partial charge in [0.25, 0.3) is 0 Å². The van der Waals surface area contributed by atoms with Gasteiger partial charge in [-0.05, 0) is 32.3 Å². The molecule has 0 bridgehead atoms. The normalized spacial score (nSPS) is 28.7. The molecule has 3 aliphatic heterocycles. The minimum absolute atomic E-state index is 0.0607. The van der Waals surface area contributed by atoms with Crippen molar-refractivity contribution in [3.63, 3.8) is 0 Å². The fourth-order valence-electron chi connectivity index (χ4n) is 3.95. The molecule has 3 heterocycles. The number of ether oxygens (including phenoxy) is 2. The molecule has 0 amide bonds. The third kappa shape index (κ3) is 3.46. The largest absolute Gasteiger partial charge is 0.376 e. The maximum atomic E-state index is 6.02. The van der Waals surface area contributed by atoms with Crippen LogP contribution in [-0.4, -0.2) is 41.4 Å². The Morgan fingerprint density at radius 1 is 1.28 bits per heavy atom. The van der Waals surface area contributed by atoms with Crippen LogP contribution in [0.2, 0.25) is 0 Å². The molecule has 0 spiro atoms. The third-order valence-electron chi connectivity index (χ3n) is 5.29. The van der Waals surface area contributed by atoms with Crippen molar-refractivity contribution in [3.05, 3.63) is 47.2 Å². The molecule has 1 aromatic rings. The van der Waals surface area contributed by atoms with Crippen LogP contribution in [0, 0.1) is 0 Å². The van der Waals surface area contributed by atoms with Gasteiger partial charge >= 0.3 is 0 Å². The van der Waals surface area contributed by atoms with Crippen molar-refractivity contribution < 1.29 is 9.47 Å². The second kappa shape index (κ2) is 6.71. The molecule has 134 valence electrons. The quantitative estimate of drug-likeness (QED) is 0.836. The van der Waals surface area contributed by atoms with Crippen LogP contribution >= 0.6 is 12.2 Å². The molecule has 1 aromatic carbocycles. The number of thiocarbonyl (C=S) groups is 1. The molecule has 25 heavy (non-hydrogen) atoms. The minimum Gasteiger partial charge on any atom is -0.376 e. The maximum Gasteiger partial charge on any atom is 0.126 e. The molecule has 1 N–H and O–H groups in total. The zero-order chi connectivity index (χ0) is 17.4. The summed E-state index contributed by atoms with van der Waals surface area (Å²) in [5.41, 5.74) is 3.53. The van der Waals surface area contributed by atoms with Gasteiger partial charge in [-0.25, -0.2) is 0 Å². The average molecular weight is 359 g/mol. The number of benzene rings is 1. The third-order valence-corrected chi connectivity index (χ3v) is 5.65. The Bertz CT molecular complexity index is 680. The topological polar surface area (TPSA) is 33.7 Å². The van der Waals surface area contributed by atoms with E-state index in [9.17, 15) is 0 Å². The van der Waals surface area contributed by atoms with Crippen LogP contribution in [0.3, 0.4) is 0 Å². The molecule has 0 aromatic heterocycles.